The van der Waals surface area contributed by atoms with E-state index in [1.165, 1.54) is 5.57 Å². The predicted octanol–water partition coefficient (Wildman–Crippen LogP) is 4.97. The normalized spacial score (nSPS) is 10.6. The van der Waals surface area contributed by atoms with Gasteiger partial charge in [0.15, 0.2) is 5.43 Å². The van der Waals surface area contributed by atoms with Gasteiger partial charge in [-0.05, 0) is 38.0 Å². The zero-order valence-electron chi connectivity index (χ0n) is 12.8. The molecule has 0 saturated heterocycles. The minimum absolute atomic E-state index is 0.00568. The molecule has 0 N–H and O–H groups in total. The van der Waals surface area contributed by atoms with Crippen LogP contribution in [0.4, 0.5) is 0 Å². The van der Waals surface area contributed by atoms with Gasteiger partial charge in [0, 0.05) is 11.6 Å². The van der Waals surface area contributed by atoms with Gasteiger partial charge in [0.05, 0.1) is 5.39 Å². The number of allylic oxidation sites excluding steroid dienone is 2. The second-order valence-corrected chi connectivity index (χ2v) is 5.61. The van der Waals surface area contributed by atoms with Crippen LogP contribution in [-0.2, 0) is 6.42 Å². The van der Waals surface area contributed by atoms with Crippen molar-refractivity contribution in [1.82, 2.24) is 0 Å². The van der Waals surface area contributed by atoms with Gasteiger partial charge < -0.3 is 4.42 Å². The van der Waals surface area contributed by atoms with Crippen molar-refractivity contribution in [2.75, 3.05) is 0 Å². The smallest absolute Gasteiger partial charge is 0.193 e. The van der Waals surface area contributed by atoms with Gasteiger partial charge in [-0.15, -0.1) is 0 Å². The third-order valence-electron chi connectivity index (χ3n) is 3.65. The molecule has 0 aliphatic carbocycles. The number of hydrogen-bond donors (Lipinski definition) is 0. The van der Waals surface area contributed by atoms with Gasteiger partial charge >= 0.3 is 0 Å². The minimum Gasteiger partial charge on any atom is -0.456 e. The Morgan fingerprint density at radius 1 is 1.05 bits per heavy atom. The molecule has 0 fully saturated rings. The van der Waals surface area contributed by atoms with Crippen LogP contribution < -0.4 is 5.43 Å². The van der Waals surface area contributed by atoms with Crippen LogP contribution in [0.5, 0.6) is 0 Å². The molecule has 0 unspecified atom stereocenters. The lowest BCUT2D eigenvalue weighted by molar-refractivity contribution is 0.618. The SMILES string of the molecule is CC(C)=CCc1ccccc1-c1cc(=O)c2ccccc2o1. The van der Waals surface area contributed by atoms with Crippen molar-refractivity contribution in [1.29, 1.82) is 0 Å². The average Bonchev–Trinajstić information content (AvgIpc) is 2.53. The molecule has 0 aliphatic heterocycles. The summed E-state index contributed by atoms with van der Waals surface area (Å²) in [7, 11) is 0. The van der Waals surface area contributed by atoms with Crippen LogP contribution in [0.3, 0.4) is 0 Å². The van der Waals surface area contributed by atoms with Crippen LogP contribution in [0.1, 0.15) is 19.4 Å². The van der Waals surface area contributed by atoms with Gasteiger partial charge in [0.1, 0.15) is 11.3 Å². The molecule has 0 radical (unpaired) electrons. The first-order valence-corrected chi connectivity index (χ1v) is 7.39. The Kier molecular flexibility index (Phi) is 3.92. The molecule has 0 spiro atoms. The van der Waals surface area contributed by atoms with Crippen molar-refractivity contribution >= 4 is 11.0 Å². The lowest BCUT2D eigenvalue weighted by atomic mass is 10.0. The summed E-state index contributed by atoms with van der Waals surface area (Å²) in [5.41, 5.74) is 4.02. The molecule has 3 rings (SSSR count). The third-order valence-corrected chi connectivity index (χ3v) is 3.65. The van der Waals surface area contributed by atoms with Gasteiger partial charge in [-0.25, -0.2) is 0 Å². The average molecular weight is 290 g/mol. The van der Waals surface area contributed by atoms with E-state index in [-0.39, 0.29) is 5.43 Å². The number of benzene rings is 2. The highest BCUT2D eigenvalue weighted by Crippen LogP contribution is 2.26. The maximum atomic E-state index is 12.3. The quantitative estimate of drug-likeness (QED) is 0.638. The van der Waals surface area contributed by atoms with E-state index in [9.17, 15) is 4.79 Å². The molecule has 2 nitrogen and oxygen atoms in total. The fourth-order valence-electron chi connectivity index (χ4n) is 2.49. The molecule has 0 amide bonds. The van der Waals surface area contributed by atoms with E-state index in [1.807, 2.05) is 36.4 Å². The van der Waals surface area contributed by atoms with Crippen molar-refractivity contribution < 1.29 is 4.42 Å². The molecule has 22 heavy (non-hydrogen) atoms. The Morgan fingerprint density at radius 2 is 1.77 bits per heavy atom. The molecule has 0 bridgehead atoms. The Morgan fingerprint density at radius 3 is 2.59 bits per heavy atom. The summed E-state index contributed by atoms with van der Waals surface area (Å²) < 4.78 is 5.96. The van der Waals surface area contributed by atoms with Crippen LogP contribution in [0.25, 0.3) is 22.3 Å². The fraction of sp³-hybridized carbons (Fsp3) is 0.150. The first-order chi connectivity index (χ1) is 10.6. The van der Waals surface area contributed by atoms with Crippen molar-refractivity contribution in [2.24, 2.45) is 0 Å². The molecule has 2 aromatic carbocycles. The molecule has 110 valence electrons. The van der Waals surface area contributed by atoms with Gasteiger partial charge in [0.2, 0.25) is 0 Å². The first kappa shape index (κ1) is 14.3. The Balaban J connectivity index is 2.16. The monoisotopic (exact) mass is 290 g/mol. The maximum absolute atomic E-state index is 12.3. The molecular formula is C20H18O2. The van der Waals surface area contributed by atoms with E-state index >= 15 is 0 Å². The Bertz CT molecular complexity index is 897. The molecule has 2 heteroatoms. The maximum Gasteiger partial charge on any atom is 0.193 e. The van der Waals surface area contributed by atoms with Crippen LogP contribution in [0.15, 0.2) is 75.5 Å². The zero-order chi connectivity index (χ0) is 15.5. The van der Waals surface area contributed by atoms with Crippen LogP contribution in [-0.4, -0.2) is 0 Å². The van der Waals surface area contributed by atoms with E-state index in [4.69, 9.17) is 4.42 Å². The van der Waals surface area contributed by atoms with Crippen molar-refractivity contribution in [2.45, 2.75) is 20.3 Å². The highest BCUT2D eigenvalue weighted by molar-refractivity contribution is 5.79. The summed E-state index contributed by atoms with van der Waals surface area (Å²) in [5, 5.41) is 0.619. The van der Waals surface area contributed by atoms with E-state index in [2.05, 4.69) is 26.0 Å². The van der Waals surface area contributed by atoms with Gasteiger partial charge in [-0.3, -0.25) is 4.79 Å². The summed E-state index contributed by atoms with van der Waals surface area (Å²) in [6.07, 6.45) is 3.01. The summed E-state index contributed by atoms with van der Waals surface area (Å²) in [6.45, 7) is 4.16. The molecule has 1 heterocycles. The second kappa shape index (κ2) is 6.02. The number of para-hydroxylation sites is 1. The Labute approximate surface area is 129 Å². The fourth-order valence-corrected chi connectivity index (χ4v) is 2.49. The Hall–Kier alpha value is -2.61. The second-order valence-electron chi connectivity index (χ2n) is 5.61. The van der Waals surface area contributed by atoms with Gasteiger partial charge in [-0.1, -0.05) is 48.0 Å². The van der Waals surface area contributed by atoms with Crippen LogP contribution in [0.2, 0.25) is 0 Å². The molecule has 0 saturated carbocycles. The third kappa shape index (κ3) is 2.86. The first-order valence-electron chi connectivity index (χ1n) is 7.39. The van der Waals surface area contributed by atoms with E-state index in [0.29, 0.717) is 16.7 Å². The van der Waals surface area contributed by atoms with Gasteiger partial charge in [0.25, 0.3) is 0 Å². The van der Waals surface area contributed by atoms with E-state index < -0.39 is 0 Å². The number of rotatable bonds is 3. The van der Waals surface area contributed by atoms with E-state index in [0.717, 1.165) is 17.5 Å². The summed E-state index contributed by atoms with van der Waals surface area (Å²) in [6, 6.07) is 17.0. The highest BCUT2D eigenvalue weighted by Gasteiger charge is 2.09. The molecule has 1 aromatic heterocycles. The number of hydrogen-bond acceptors (Lipinski definition) is 2. The van der Waals surface area contributed by atoms with Gasteiger partial charge in [-0.2, -0.15) is 0 Å². The summed E-state index contributed by atoms with van der Waals surface area (Å²) >= 11 is 0. The molecular weight excluding hydrogens is 272 g/mol. The standard InChI is InChI=1S/C20H18O2/c1-14(2)11-12-15-7-3-4-8-16(15)20-13-18(21)17-9-5-6-10-19(17)22-20/h3-11,13H,12H2,1-2H3. The summed E-state index contributed by atoms with van der Waals surface area (Å²) in [4.78, 5) is 12.3. The molecule has 0 aliphatic rings. The molecule has 3 aromatic rings. The lowest BCUT2D eigenvalue weighted by Gasteiger charge is -2.08. The highest BCUT2D eigenvalue weighted by atomic mass is 16.3. The van der Waals surface area contributed by atoms with Crippen molar-refractivity contribution in [3.63, 3.8) is 0 Å². The van der Waals surface area contributed by atoms with E-state index in [1.54, 1.807) is 12.1 Å². The summed E-state index contributed by atoms with van der Waals surface area (Å²) in [5.74, 6) is 0.626. The predicted molar refractivity (Wildman–Crippen MR) is 91.1 cm³/mol. The van der Waals surface area contributed by atoms with Crippen molar-refractivity contribution in [3.8, 4) is 11.3 Å². The topological polar surface area (TPSA) is 30.2 Å². The lowest BCUT2D eigenvalue weighted by Crippen LogP contribution is -2.01. The minimum atomic E-state index is -0.00568. The number of fused-ring (bicyclic) bond motifs is 1. The zero-order valence-corrected chi connectivity index (χ0v) is 12.8. The van der Waals surface area contributed by atoms with Crippen LogP contribution >= 0.6 is 0 Å². The van der Waals surface area contributed by atoms with Crippen LogP contribution in [0, 0.1) is 0 Å². The largest absolute Gasteiger partial charge is 0.456 e. The van der Waals surface area contributed by atoms with Crippen molar-refractivity contribution in [3.05, 3.63) is 82.0 Å². The molecule has 0 atom stereocenters.